The van der Waals surface area contributed by atoms with E-state index in [2.05, 4.69) is 29.1 Å². The summed E-state index contributed by atoms with van der Waals surface area (Å²) in [6, 6.07) is 5.55. The zero-order valence-corrected chi connectivity index (χ0v) is 13.1. The summed E-state index contributed by atoms with van der Waals surface area (Å²) in [4.78, 5) is 20.5. The molecule has 21 heavy (non-hydrogen) atoms. The van der Waals surface area contributed by atoms with E-state index < -0.39 is 0 Å². The number of nitrogens with zero attached hydrogens (tertiary/aromatic N) is 2. The third-order valence-electron chi connectivity index (χ3n) is 3.11. The summed E-state index contributed by atoms with van der Waals surface area (Å²) in [7, 11) is 0. The van der Waals surface area contributed by atoms with Gasteiger partial charge in [0.1, 0.15) is 5.01 Å². The first-order valence-electron chi connectivity index (χ1n) is 6.92. The Morgan fingerprint density at radius 2 is 2.19 bits per heavy atom. The van der Waals surface area contributed by atoms with Crippen molar-refractivity contribution in [2.75, 3.05) is 0 Å². The zero-order valence-electron chi connectivity index (χ0n) is 12.2. The van der Waals surface area contributed by atoms with Gasteiger partial charge in [-0.05, 0) is 18.1 Å². The Morgan fingerprint density at radius 3 is 2.86 bits per heavy atom. The lowest BCUT2D eigenvalue weighted by Crippen LogP contribution is -2.25. The lowest BCUT2D eigenvalue weighted by molar-refractivity contribution is -0.120. The van der Waals surface area contributed by atoms with Crippen molar-refractivity contribution in [2.24, 2.45) is 11.7 Å². The van der Waals surface area contributed by atoms with Gasteiger partial charge in [-0.15, -0.1) is 11.3 Å². The van der Waals surface area contributed by atoms with Crippen molar-refractivity contribution in [3.8, 4) is 0 Å². The van der Waals surface area contributed by atoms with E-state index in [9.17, 15) is 4.79 Å². The molecule has 2 aromatic heterocycles. The Bertz CT molecular complexity index is 582. The Hall–Kier alpha value is -1.79. The van der Waals surface area contributed by atoms with Crippen LogP contribution in [-0.2, 0) is 17.8 Å². The maximum Gasteiger partial charge on any atom is 0.226 e. The van der Waals surface area contributed by atoms with Gasteiger partial charge in [-0.3, -0.25) is 9.78 Å². The second-order valence-corrected chi connectivity index (χ2v) is 6.11. The monoisotopic (exact) mass is 304 g/mol. The maximum absolute atomic E-state index is 11.9. The van der Waals surface area contributed by atoms with Crippen LogP contribution in [0.15, 0.2) is 29.8 Å². The van der Waals surface area contributed by atoms with Crippen molar-refractivity contribution >= 4 is 17.2 Å². The van der Waals surface area contributed by atoms with Crippen molar-refractivity contribution in [1.82, 2.24) is 15.3 Å². The van der Waals surface area contributed by atoms with Gasteiger partial charge in [-0.1, -0.05) is 19.9 Å². The average Bonchev–Trinajstić information content (AvgIpc) is 2.93. The molecule has 6 heteroatoms. The highest BCUT2D eigenvalue weighted by Gasteiger charge is 2.15. The molecule has 2 rings (SSSR count). The van der Waals surface area contributed by atoms with E-state index in [1.54, 1.807) is 6.20 Å². The summed E-state index contributed by atoms with van der Waals surface area (Å²) in [6.07, 6.45) is 1.98. The van der Waals surface area contributed by atoms with E-state index in [-0.39, 0.29) is 18.4 Å². The topological polar surface area (TPSA) is 80.9 Å². The molecule has 0 spiro atoms. The van der Waals surface area contributed by atoms with Crippen LogP contribution >= 0.6 is 11.3 Å². The van der Waals surface area contributed by atoms with Crippen LogP contribution in [0.25, 0.3) is 0 Å². The molecule has 0 bridgehead atoms. The normalized spacial score (nSPS) is 12.4. The van der Waals surface area contributed by atoms with E-state index in [1.807, 2.05) is 23.6 Å². The number of nitrogens with two attached hydrogens (primary N) is 1. The minimum absolute atomic E-state index is 0.0596. The molecule has 112 valence electrons. The molecule has 0 radical (unpaired) electrons. The van der Waals surface area contributed by atoms with Crippen LogP contribution in [-0.4, -0.2) is 15.9 Å². The van der Waals surface area contributed by atoms with E-state index in [0.717, 1.165) is 16.4 Å². The highest BCUT2D eigenvalue weighted by atomic mass is 32.1. The average molecular weight is 304 g/mol. The number of nitrogens with one attached hydrogen (secondary N) is 1. The smallest absolute Gasteiger partial charge is 0.226 e. The Morgan fingerprint density at radius 1 is 1.38 bits per heavy atom. The molecular formula is C15H20N4OS. The van der Waals surface area contributed by atoms with Crippen molar-refractivity contribution in [2.45, 2.75) is 32.9 Å². The molecule has 0 saturated heterocycles. The van der Waals surface area contributed by atoms with Gasteiger partial charge in [-0.25, -0.2) is 4.98 Å². The first kappa shape index (κ1) is 15.6. The molecule has 0 aromatic carbocycles. The van der Waals surface area contributed by atoms with Crippen LogP contribution in [0.5, 0.6) is 0 Å². The molecular weight excluding hydrogens is 284 g/mol. The summed E-state index contributed by atoms with van der Waals surface area (Å²) in [5.74, 6) is 0.276. The van der Waals surface area contributed by atoms with E-state index in [4.69, 9.17) is 5.73 Å². The predicted molar refractivity (Wildman–Crippen MR) is 83.7 cm³/mol. The molecule has 0 aliphatic heterocycles. The second kappa shape index (κ2) is 7.28. The molecule has 2 aromatic rings. The van der Waals surface area contributed by atoms with Gasteiger partial charge < -0.3 is 11.1 Å². The number of carbonyl (C=O) groups excluding carboxylic acids is 1. The molecule has 2 heterocycles. The summed E-state index contributed by atoms with van der Waals surface area (Å²) in [5, 5.41) is 5.63. The number of rotatable bonds is 6. The maximum atomic E-state index is 11.9. The number of pyridine rings is 1. The molecule has 1 atom stereocenters. The van der Waals surface area contributed by atoms with Gasteiger partial charge >= 0.3 is 0 Å². The number of thiazole rings is 1. The quantitative estimate of drug-likeness (QED) is 0.856. The minimum atomic E-state index is -0.0691. The third kappa shape index (κ3) is 4.61. The van der Waals surface area contributed by atoms with Crippen molar-refractivity contribution in [3.05, 3.63) is 46.2 Å². The van der Waals surface area contributed by atoms with Gasteiger partial charge in [0.15, 0.2) is 0 Å². The van der Waals surface area contributed by atoms with Gasteiger partial charge in [0, 0.05) is 11.6 Å². The van der Waals surface area contributed by atoms with Crippen LogP contribution in [0, 0.1) is 5.92 Å². The lowest BCUT2D eigenvalue weighted by atomic mass is 10.1. The first-order valence-corrected chi connectivity index (χ1v) is 7.80. The zero-order chi connectivity index (χ0) is 15.2. The molecule has 0 fully saturated rings. The van der Waals surface area contributed by atoms with Crippen LogP contribution in [0.1, 0.15) is 36.3 Å². The Balaban J connectivity index is 1.85. The highest BCUT2D eigenvalue weighted by molar-refractivity contribution is 7.09. The number of carbonyl (C=O) groups is 1. The predicted octanol–water partition coefficient (Wildman–Crippen LogP) is 2.05. The lowest BCUT2D eigenvalue weighted by Gasteiger charge is -2.11. The number of amides is 1. The fourth-order valence-corrected chi connectivity index (χ4v) is 2.75. The Kier molecular flexibility index (Phi) is 5.41. The molecule has 0 saturated carbocycles. The van der Waals surface area contributed by atoms with E-state index in [1.165, 1.54) is 11.3 Å². The van der Waals surface area contributed by atoms with Gasteiger partial charge in [0.2, 0.25) is 5.91 Å². The summed E-state index contributed by atoms with van der Waals surface area (Å²) < 4.78 is 0. The summed E-state index contributed by atoms with van der Waals surface area (Å²) in [6.45, 7) is 4.55. The van der Waals surface area contributed by atoms with Crippen LogP contribution < -0.4 is 11.1 Å². The van der Waals surface area contributed by atoms with E-state index in [0.29, 0.717) is 12.5 Å². The second-order valence-electron chi connectivity index (χ2n) is 5.22. The number of hydrogen-bond donors (Lipinski definition) is 2. The van der Waals surface area contributed by atoms with Crippen molar-refractivity contribution < 1.29 is 4.79 Å². The number of aromatic nitrogens is 2. The van der Waals surface area contributed by atoms with Crippen molar-refractivity contribution in [1.29, 1.82) is 0 Å². The Labute approximate surface area is 128 Å². The van der Waals surface area contributed by atoms with Gasteiger partial charge in [0.25, 0.3) is 0 Å². The molecule has 1 amide bonds. The summed E-state index contributed by atoms with van der Waals surface area (Å²) in [5.41, 5.74) is 7.66. The number of hydrogen-bond acceptors (Lipinski definition) is 5. The fraction of sp³-hybridized carbons (Fsp3) is 0.400. The first-order chi connectivity index (χ1) is 10.1. The fourth-order valence-electron chi connectivity index (χ4n) is 1.76. The SMILES string of the molecule is CC(C)C(N)c1nc(CC(=O)NCc2ccccn2)cs1. The van der Waals surface area contributed by atoms with Crippen LogP contribution in [0.4, 0.5) is 0 Å². The summed E-state index contributed by atoms with van der Waals surface area (Å²) >= 11 is 1.51. The van der Waals surface area contributed by atoms with Crippen LogP contribution in [0.2, 0.25) is 0 Å². The minimum Gasteiger partial charge on any atom is -0.350 e. The molecule has 5 nitrogen and oxygen atoms in total. The standard InChI is InChI=1S/C15H20N4OS/c1-10(2)14(16)15-19-12(9-21-15)7-13(20)18-8-11-5-3-4-6-17-11/h3-6,9-10,14H,7-8,16H2,1-2H3,(H,18,20). The highest BCUT2D eigenvalue weighted by Crippen LogP contribution is 2.22. The van der Waals surface area contributed by atoms with Crippen molar-refractivity contribution in [3.63, 3.8) is 0 Å². The molecule has 0 aliphatic carbocycles. The largest absolute Gasteiger partial charge is 0.350 e. The van der Waals surface area contributed by atoms with Crippen LogP contribution in [0.3, 0.4) is 0 Å². The van der Waals surface area contributed by atoms with Gasteiger partial charge in [-0.2, -0.15) is 0 Å². The molecule has 3 N–H and O–H groups in total. The molecule has 0 aliphatic rings. The molecule has 1 unspecified atom stereocenters. The third-order valence-corrected chi connectivity index (χ3v) is 4.10. The van der Waals surface area contributed by atoms with Gasteiger partial charge in [0.05, 0.1) is 30.4 Å². The van der Waals surface area contributed by atoms with E-state index >= 15 is 0 Å².